The highest BCUT2D eigenvalue weighted by molar-refractivity contribution is 6.33. The van der Waals surface area contributed by atoms with Gasteiger partial charge in [-0.2, -0.15) is 0 Å². The van der Waals surface area contributed by atoms with E-state index in [1.165, 1.54) is 0 Å². The summed E-state index contributed by atoms with van der Waals surface area (Å²) in [6, 6.07) is 10.1. The first-order valence-corrected chi connectivity index (χ1v) is 10.9. The first kappa shape index (κ1) is 23.7. The van der Waals surface area contributed by atoms with Gasteiger partial charge in [-0.15, -0.1) is 0 Å². The largest absolute Gasteiger partial charge is 0.493 e. The lowest BCUT2D eigenvalue weighted by molar-refractivity contribution is 0.0933. The van der Waals surface area contributed by atoms with Crippen LogP contribution in [0, 0.1) is 0 Å². The number of rotatable bonds is 5. The highest BCUT2D eigenvalue weighted by Gasteiger charge is 2.34. The summed E-state index contributed by atoms with van der Waals surface area (Å²) in [6.45, 7) is 6.54. The Bertz CT molecular complexity index is 1000. The number of methoxy groups -OCH3 is 2. The monoisotopic (exact) mass is 459 g/mol. The van der Waals surface area contributed by atoms with E-state index in [1.54, 1.807) is 43.4 Å². The molecule has 0 aromatic heterocycles. The molecule has 0 aliphatic carbocycles. The van der Waals surface area contributed by atoms with Crippen molar-refractivity contribution in [1.29, 1.82) is 0 Å². The van der Waals surface area contributed by atoms with Gasteiger partial charge in [0.2, 0.25) is 0 Å². The topological polar surface area (TPSA) is 79.9 Å². The molecule has 172 valence electrons. The van der Waals surface area contributed by atoms with Crippen molar-refractivity contribution in [3.8, 4) is 11.5 Å². The summed E-state index contributed by atoms with van der Waals surface area (Å²) < 4.78 is 10.9. The number of amides is 3. The first-order chi connectivity index (χ1) is 15.1. The van der Waals surface area contributed by atoms with Crippen molar-refractivity contribution < 1.29 is 19.1 Å². The Morgan fingerprint density at radius 1 is 1.12 bits per heavy atom. The second kappa shape index (κ2) is 9.69. The summed E-state index contributed by atoms with van der Waals surface area (Å²) >= 11 is 6.18. The molecule has 2 aromatic rings. The molecule has 1 aliphatic heterocycles. The fourth-order valence-corrected chi connectivity index (χ4v) is 4.04. The molecule has 0 unspecified atom stereocenters. The van der Waals surface area contributed by atoms with Crippen LogP contribution >= 0.6 is 11.6 Å². The van der Waals surface area contributed by atoms with Crippen LogP contribution < -0.4 is 20.1 Å². The lowest BCUT2D eigenvalue weighted by atomic mass is 9.91. The number of carbonyl (C=O) groups excluding carboxylic acids is 2. The molecule has 3 rings (SSSR count). The molecular weight excluding hydrogens is 430 g/mol. The molecule has 1 aliphatic rings. The first-order valence-electron chi connectivity index (χ1n) is 10.5. The highest BCUT2D eigenvalue weighted by atomic mass is 35.5. The lowest BCUT2D eigenvalue weighted by Crippen LogP contribution is -2.53. The average Bonchev–Trinajstić information content (AvgIpc) is 2.75. The van der Waals surface area contributed by atoms with Crippen LogP contribution in [-0.2, 0) is 6.42 Å². The zero-order chi connectivity index (χ0) is 23.5. The lowest BCUT2D eigenvalue weighted by Gasteiger charge is -2.39. The second-order valence-corrected chi connectivity index (χ2v) is 9.14. The molecule has 32 heavy (non-hydrogen) atoms. The van der Waals surface area contributed by atoms with E-state index in [2.05, 4.69) is 10.6 Å². The minimum atomic E-state index is -0.389. The van der Waals surface area contributed by atoms with Crippen molar-refractivity contribution in [1.82, 2.24) is 15.5 Å². The molecule has 1 atom stereocenters. The van der Waals surface area contributed by atoms with Crippen LogP contribution in [0.1, 0.15) is 48.3 Å². The summed E-state index contributed by atoms with van der Waals surface area (Å²) in [4.78, 5) is 27.7. The normalized spacial score (nSPS) is 15.6. The molecule has 0 saturated heterocycles. The molecule has 0 bridgehead atoms. The van der Waals surface area contributed by atoms with Gasteiger partial charge >= 0.3 is 6.03 Å². The van der Waals surface area contributed by atoms with Gasteiger partial charge in [-0.1, -0.05) is 23.7 Å². The standard InChI is InChI=1S/C24H30ClN3O4/c1-24(2,3)27-23(30)28-11-10-15-12-20(31-4)21(32-5)13-17(15)19(28)14-26-22(29)16-8-6-7-9-18(16)25/h6-9,12-13,19H,10-11,14H2,1-5H3,(H,26,29)(H,27,30)/t19-/m1/s1. The van der Waals surface area contributed by atoms with Gasteiger partial charge in [-0.05, 0) is 62.6 Å². The van der Waals surface area contributed by atoms with E-state index in [0.717, 1.165) is 11.1 Å². The van der Waals surface area contributed by atoms with E-state index in [-0.39, 0.29) is 30.1 Å². The van der Waals surface area contributed by atoms with Crippen molar-refractivity contribution in [2.75, 3.05) is 27.3 Å². The van der Waals surface area contributed by atoms with E-state index in [0.29, 0.717) is 35.1 Å². The molecule has 8 heteroatoms. The van der Waals surface area contributed by atoms with Gasteiger partial charge in [-0.3, -0.25) is 4.79 Å². The summed E-state index contributed by atoms with van der Waals surface area (Å²) in [6.07, 6.45) is 0.669. The Labute approximate surface area is 194 Å². The van der Waals surface area contributed by atoms with Gasteiger partial charge in [0, 0.05) is 18.6 Å². The Hall–Kier alpha value is -2.93. The number of nitrogens with one attached hydrogen (secondary N) is 2. The molecule has 3 amide bonds. The van der Waals surface area contributed by atoms with Crippen LogP contribution in [0.4, 0.5) is 4.79 Å². The number of ether oxygens (including phenoxy) is 2. The van der Waals surface area contributed by atoms with Gasteiger partial charge in [0.1, 0.15) is 0 Å². The highest BCUT2D eigenvalue weighted by Crippen LogP contribution is 2.38. The number of carbonyl (C=O) groups is 2. The summed E-state index contributed by atoms with van der Waals surface area (Å²) in [7, 11) is 3.17. The maximum absolute atomic E-state index is 13.1. The van der Waals surface area contributed by atoms with Crippen LogP contribution in [0.3, 0.4) is 0 Å². The Kier molecular flexibility index (Phi) is 7.19. The number of urea groups is 1. The predicted molar refractivity (Wildman–Crippen MR) is 125 cm³/mol. The van der Waals surface area contributed by atoms with Gasteiger partial charge in [-0.25, -0.2) is 4.79 Å². The molecular formula is C24H30ClN3O4. The summed E-state index contributed by atoms with van der Waals surface area (Å²) in [5.41, 5.74) is 1.97. The second-order valence-electron chi connectivity index (χ2n) is 8.74. The molecule has 7 nitrogen and oxygen atoms in total. The molecule has 2 aromatic carbocycles. The van der Waals surface area contributed by atoms with Crippen molar-refractivity contribution >= 4 is 23.5 Å². The SMILES string of the molecule is COc1cc2c(cc1OC)[C@@H](CNC(=O)c1ccccc1Cl)N(C(=O)NC(C)(C)C)CC2. The van der Waals surface area contributed by atoms with E-state index < -0.39 is 0 Å². The van der Waals surface area contributed by atoms with Crippen LogP contribution in [-0.4, -0.2) is 49.7 Å². The van der Waals surface area contributed by atoms with E-state index in [1.807, 2.05) is 32.9 Å². The minimum absolute atomic E-state index is 0.185. The maximum atomic E-state index is 13.1. The van der Waals surface area contributed by atoms with Gasteiger partial charge in [0.05, 0.1) is 30.8 Å². The summed E-state index contributed by atoms with van der Waals surface area (Å²) in [5, 5.41) is 6.35. The quantitative estimate of drug-likeness (QED) is 0.702. The van der Waals surface area contributed by atoms with Crippen LogP contribution in [0.15, 0.2) is 36.4 Å². The Morgan fingerprint density at radius 3 is 2.41 bits per heavy atom. The van der Waals surface area contributed by atoms with Gasteiger partial charge in [0.25, 0.3) is 5.91 Å². The number of nitrogens with zero attached hydrogens (tertiary/aromatic N) is 1. The minimum Gasteiger partial charge on any atom is -0.493 e. The van der Waals surface area contributed by atoms with Gasteiger partial charge in [0.15, 0.2) is 11.5 Å². The molecule has 1 heterocycles. The molecule has 0 spiro atoms. The fourth-order valence-electron chi connectivity index (χ4n) is 3.81. The number of hydrogen-bond acceptors (Lipinski definition) is 4. The van der Waals surface area contributed by atoms with Crippen molar-refractivity contribution in [2.24, 2.45) is 0 Å². The van der Waals surface area contributed by atoms with Gasteiger partial charge < -0.3 is 25.0 Å². The number of hydrogen-bond donors (Lipinski definition) is 2. The van der Waals surface area contributed by atoms with Crippen LogP contribution in [0.5, 0.6) is 11.5 Å². The predicted octanol–water partition coefficient (Wildman–Crippen LogP) is 4.19. The molecule has 0 radical (unpaired) electrons. The van der Waals surface area contributed by atoms with E-state index >= 15 is 0 Å². The van der Waals surface area contributed by atoms with Crippen molar-refractivity contribution in [3.63, 3.8) is 0 Å². The Balaban J connectivity index is 1.93. The van der Waals surface area contributed by atoms with Crippen LogP contribution in [0.2, 0.25) is 5.02 Å². The zero-order valence-electron chi connectivity index (χ0n) is 19.1. The zero-order valence-corrected chi connectivity index (χ0v) is 19.9. The third kappa shape index (κ3) is 5.27. The third-order valence-corrected chi connectivity index (χ3v) is 5.65. The fraction of sp³-hybridized carbons (Fsp3) is 0.417. The number of fused-ring (bicyclic) bond motifs is 1. The molecule has 2 N–H and O–H groups in total. The van der Waals surface area contributed by atoms with Crippen LogP contribution in [0.25, 0.3) is 0 Å². The molecule has 0 saturated carbocycles. The average molecular weight is 460 g/mol. The van der Waals surface area contributed by atoms with E-state index in [4.69, 9.17) is 21.1 Å². The van der Waals surface area contributed by atoms with Crippen molar-refractivity contribution in [2.45, 2.75) is 38.8 Å². The molecule has 0 fully saturated rings. The van der Waals surface area contributed by atoms with Crippen molar-refractivity contribution in [3.05, 3.63) is 58.1 Å². The third-order valence-electron chi connectivity index (χ3n) is 5.32. The maximum Gasteiger partial charge on any atom is 0.318 e. The van der Waals surface area contributed by atoms with E-state index in [9.17, 15) is 9.59 Å². The Morgan fingerprint density at radius 2 is 1.78 bits per heavy atom. The number of halogens is 1. The smallest absolute Gasteiger partial charge is 0.318 e. The summed E-state index contributed by atoms with van der Waals surface area (Å²) in [5.74, 6) is 0.920. The number of benzene rings is 2.